The Hall–Kier alpha value is -1.24. The average molecular weight is 361 g/mol. The number of hydrogen-bond donors (Lipinski definition) is 1. The van der Waals surface area contributed by atoms with E-state index in [1.54, 1.807) is 17.7 Å². The number of nitrogens with zero attached hydrogens (tertiary/aromatic N) is 3. The molecule has 0 amide bonds. The van der Waals surface area contributed by atoms with E-state index in [9.17, 15) is 0 Å². The molecule has 1 N–H and O–H groups in total. The second kappa shape index (κ2) is 6.49. The number of anilines is 1. The second-order valence-corrected chi connectivity index (χ2v) is 9.33. The second-order valence-electron chi connectivity index (χ2n) is 8.24. The van der Waals surface area contributed by atoms with Crippen molar-refractivity contribution in [3.05, 3.63) is 16.8 Å². The zero-order chi connectivity index (χ0) is 17.6. The molecule has 0 atom stereocenters. The van der Waals surface area contributed by atoms with Crippen molar-refractivity contribution in [3.63, 3.8) is 0 Å². The van der Waals surface area contributed by atoms with Crippen molar-refractivity contribution in [2.75, 3.05) is 19.4 Å². The van der Waals surface area contributed by atoms with E-state index < -0.39 is 0 Å². The summed E-state index contributed by atoms with van der Waals surface area (Å²) in [5.41, 5.74) is 1.28. The van der Waals surface area contributed by atoms with Crippen LogP contribution in [0.3, 0.4) is 0 Å². The van der Waals surface area contributed by atoms with Crippen molar-refractivity contribution < 1.29 is 4.74 Å². The van der Waals surface area contributed by atoms with E-state index in [2.05, 4.69) is 48.1 Å². The van der Waals surface area contributed by atoms with E-state index in [-0.39, 0.29) is 5.60 Å². The van der Waals surface area contributed by atoms with Crippen molar-refractivity contribution in [3.8, 4) is 0 Å². The smallest absolute Gasteiger partial charge is 0.138 e. The Kier molecular flexibility index (Phi) is 4.46. The van der Waals surface area contributed by atoms with Crippen LogP contribution >= 0.6 is 11.3 Å². The summed E-state index contributed by atoms with van der Waals surface area (Å²) in [5.74, 6) is 1.02. The fourth-order valence-electron chi connectivity index (χ4n) is 4.12. The molecule has 5 nitrogen and oxygen atoms in total. The molecule has 1 aliphatic carbocycles. The Labute approximate surface area is 153 Å². The number of nitrogens with one attached hydrogen (secondary N) is 1. The van der Waals surface area contributed by atoms with Gasteiger partial charge in [-0.15, -0.1) is 11.3 Å². The lowest BCUT2D eigenvalue weighted by molar-refractivity contribution is -0.0379. The lowest BCUT2D eigenvalue weighted by Crippen LogP contribution is -2.36. The van der Waals surface area contributed by atoms with Crippen molar-refractivity contribution in [1.29, 1.82) is 0 Å². The largest absolute Gasteiger partial charge is 0.370 e. The summed E-state index contributed by atoms with van der Waals surface area (Å²) in [6.07, 6.45) is 7.54. The van der Waals surface area contributed by atoms with Gasteiger partial charge in [-0.2, -0.15) is 0 Å². The number of thiophene rings is 1. The first-order chi connectivity index (χ1) is 11.9. The highest BCUT2D eigenvalue weighted by atomic mass is 32.1. The van der Waals surface area contributed by atoms with Gasteiger partial charge < -0.3 is 15.0 Å². The van der Waals surface area contributed by atoms with Crippen LogP contribution in [0.25, 0.3) is 10.2 Å². The molecular weight excluding hydrogens is 332 g/mol. The third-order valence-corrected chi connectivity index (χ3v) is 6.75. The van der Waals surface area contributed by atoms with Gasteiger partial charge in [-0.25, -0.2) is 9.97 Å². The Morgan fingerprint density at radius 1 is 1.20 bits per heavy atom. The molecule has 4 rings (SSSR count). The van der Waals surface area contributed by atoms with Gasteiger partial charge in [-0.05, 0) is 59.2 Å². The van der Waals surface area contributed by atoms with Crippen LogP contribution in [0.4, 0.5) is 5.82 Å². The zero-order valence-electron chi connectivity index (χ0n) is 15.6. The molecule has 6 heteroatoms. The third-order valence-electron chi connectivity index (χ3n) is 5.64. The predicted molar refractivity (Wildman–Crippen MR) is 103 cm³/mol. The van der Waals surface area contributed by atoms with Crippen LogP contribution < -0.4 is 5.32 Å². The van der Waals surface area contributed by atoms with Gasteiger partial charge in [0, 0.05) is 23.4 Å². The summed E-state index contributed by atoms with van der Waals surface area (Å²) < 4.78 is 5.98. The minimum absolute atomic E-state index is 0.113. The van der Waals surface area contributed by atoms with Crippen molar-refractivity contribution >= 4 is 27.4 Å². The van der Waals surface area contributed by atoms with Gasteiger partial charge in [0.1, 0.15) is 17.0 Å². The van der Waals surface area contributed by atoms with Gasteiger partial charge >= 0.3 is 0 Å². The van der Waals surface area contributed by atoms with E-state index in [4.69, 9.17) is 4.74 Å². The first-order valence-electron chi connectivity index (χ1n) is 9.25. The molecule has 2 aromatic rings. The van der Waals surface area contributed by atoms with Gasteiger partial charge in [-0.3, -0.25) is 0 Å². The average Bonchev–Trinajstić information content (AvgIpc) is 2.93. The van der Waals surface area contributed by atoms with Crippen LogP contribution in [0.2, 0.25) is 0 Å². The van der Waals surface area contributed by atoms with E-state index in [0.717, 1.165) is 23.1 Å². The molecular formula is C19H28N4OS. The number of fused-ring (bicyclic) bond motifs is 3. The Bertz CT molecular complexity index is 762. The molecule has 0 saturated heterocycles. The highest BCUT2D eigenvalue weighted by Gasteiger charge is 2.31. The molecule has 0 spiro atoms. The summed E-state index contributed by atoms with van der Waals surface area (Å²) >= 11 is 1.76. The Morgan fingerprint density at radius 3 is 2.68 bits per heavy atom. The van der Waals surface area contributed by atoms with E-state index in [1.165, 1.54) is 41.5 Å². The standard InChI is InChI=1S/C19H28N4OS/c1-19(2)9-14-15(10-24-19)25-18-16(14)17(20-11-21-18)22-12-5-7-13(8-6-12)23(3)4/h11-13H,5-10H2,1-4H3,(H,20,21,22). The van der Waals surface area contributed by atoms with Crippen molar-refractivity contribution in [2.45, 2.75) is 70.2 Å². The van der Waals surface area contributed by atoms with Crippen molar-refractivity contribution in [1.82, 2.24) is 14.9 Å². The molecule has 0 bridgehead atoms. The molecule has 1 fully saturated rings. The summed E-state index contributed by atoms with van der Waals surface area (Å²) in [6.45, 7) is 5.02. The number of aromatic nitrogens is 2. The van der Waals surface area contributed by atoms with Gasteiger partial charge in [0.15, 0.2) is 0 Å². The molecule has 0 radical (unpaired) electrons. The summed E-state index contributed by atoms with van der Waals surface area (Å²) in [4.78, 5) is 13.9. The van der Waals surface area contributed by atoms with Crippen LogP contribution in [0.15, 0.2) is 6.33 Å². The van der Waals surface area contributed by atoms with Gasteiger partial charge in [-0.1, -0.05) is 0 Å². The highest BCUT2D eigenvalue weighted by Crippen LogP contribution is 2.41. The SMILES string of the molecule is CN(C)C1CCC(Nc2ncnc3sc4c(c23)CC(C)(C)OC4)CC1. The normalized spacial score (nSPS) is 26.0. The Balaban J connectivity index is 1.59. The molecule has 1 saturated carbocycles. The monoisotopic (exact) mass is 360 g/mol. The lowest BCUT2D eigenvalue weighted by atomic mass is 9.90. The summed E-state index contributed by atoms with van der Waals surface area (Å²) in [6, 6.07) is 1.23. The molecule has 0 unspecified atom stereocenters. The molecule has 25 heavy (non-hydrogen) atoms. The molecule has 3 heterocycles. The molecule has 2 aliphatic rings. The summed E-state index contributed by atoms with van der Waals surface area (Å²) in [5, 5.41) is 4.97. The van der Waals surface area contributed by atoms with E-state index in [1.807, 2.05) is 0 Å². The topological polar surface area (TPSA) is 50.3 Å². The first-order valence-corrected chi connectivity index (χ1v) is 10.1. The first kappa shape index (κ1) is 17.2. The fraction of sp³-hybridized carbons (Fsp3) is 0.684. The number of hydrogen-bond acceptors (Lipinski definition) is 6. The maximum Gasteiger partial charge on any atom is 0.138 e. The molecule has 136 valence electrons. The number of ether oxygens (including phenoxy) is 1. The van der Waals surface area contributed by atoms with E-state index in [0.29, 0.717) is 12.6 Å². The zero-order valence-corrected chi connectivity index (χ0v) is 16.4. The number of rotatable bonds is 3. The van der Waals surface area contributed by atoms with Crippen LogP contribution in [0.5, 0.6) is 0 Å². The van der Waals surface area contributed by atoms with E-state index >= 15 is 0 Å². The molecule has 2 aromatic heterocycles. The third kappa shape index (κ3) is 3.39. The van der Waals surface area contributed by atoms with Crippen LogP contribution in [0.1, 0.15) is 50.0 Å². The molecule has 1 aliphatic heterocycles. The predicted octanol–water partition coefficient (Wildman–Crippen LogP) is 3.83. The Morgan fingerprint density at radius 2 is 1.96 bits per heavy atom. The highest BCUT2D eigenvalue weighted by molar-refractivity contribution is 7.18. The maximum absolute atomic E-state index is 5.98. The maximum atomic E-state index is 5.98. The van der Waals surface area contributed by atoms with Crippen LogP contribution in [-0.4, -0.2) is 46.6 Å². The molecule has 0 aromatic carbocycles. The quantitative estimate of drug-likeness (QED) is 0.901. The van der Waals surface area contributed by atoms with Crippen LogP contribution in [0, 0.1) is 0 Å². The van der Waals surface area contributed by atoms with Gasteiger partial charge in [0.05, 0.1) is 17.6 Å². The summed E-state index contributed by atoms with van der Waals surface area (Å²) in [7, 11) is 4.38. The van der Waals surface area contributed by atoms with Crippen LogP contribution in [-0.2, 0) is 17.8 Å². The fourth-order valence-corrected chi connectivity index (χ4v) is 5.19. The van der Waals surface area contributed by atoms with Gasteiger partial charge in [0.25, 0.3) is 0 Å². The minimum Gasteiger partial charge on any atom is -0.370 e. The van der Waals surface area contributed by atoms with Gasteiger partial charge in [0.2, 0.25) is 0 Å². The minimum atomic E-state index is -0.113. The van der Waals surface area contributed by atoms with Crippen molar-refractivity contribution in [2.24, 2.45) is 0 Å². The lowest BCUT2D eigenvalue weighted by Gasteiger charge is -2.33.